The van der Waals surface area contributed by atoms with Crippen molar-refractivity contribution in [1.29, 1.82) is 0 Å². The summed E-state index contributed by atoms with van der Waals surface area (Å²) in [6.07, 6.45) is 0. The molecule has 0 bridgehead atoms. The van der Waals surface area contributed by atoms with Crippen LogP contribution in [0, 0.1) is 0 Å². The first-order valence-electron chi connectivity index (χ1n) is 2.55. The van der Waals surface area contributed by atoms with E-state index in [1.54, 1.807) is 0 Å². The summed E-state index contributed by atoms with van der Waals surface area (Å²) in [5.74, 6) is -1.46. The summed E-state index contributed by atoms with van der Waals surface area (Å²) in [5.41, 5.74) is 0. The number of hydrogen-bond donors (Lipinski definition) is 0. The van der Waals surface area contributed by atoms with E-state index in [2.05, 4.69) is 0 Å². The third kappa shape index (κ3) is 0.205. The molecule has 4 heteroatoms. The van der Waals surface area contributed by atoms with Gasteiger partial charge >= 0.3 is 11.9 Å². The van der Waals surface area contributed by atoms with Gasteiger partial charge in [0.25, 0.3) is 0 Å². The lowest BCUT2D eigenvalue weighted by Crippen LogP contribution is -2.16. The van der Waals surface area contributed by atoms with Gasteiger partial charge in [0.05, 0.1) is 13.2 Å². The third-order valence-electron chi connectivity index (χ3n) is 1.50. The van der Waals surface area contributed by atoms with Crippen LogP contribution in [0.5, 0.6) is 0 Å². The molecule has 0 aromatic rings. The maximum Gasteiger partial charge on any atom is 0.379 e. The van der Waals surface area contributed by atoms with Crippen molar-refractivity contribution >= 4 is 0 Å². The quantitative estimate of drug-likeness (QED) is 0.396. The highest BCUT2D eigenvalue weighted by atomic mass is 17.2. The van der Waals surface area contributed by atoms with E-state index in [9.17, 15) is 0 Å². The van der Waals surface area contributed by atoms with Gasteiger partial charge in [-0.15, -0.1) is 0 Å². The molecular formula is C4H4O4. The zero-order valence-corrected chi connectivity index (χ0v) is 4.05. The minimum atomic E-state index is -0.731. The predicted molar refractivity (Wildman–Crippen MR) is 19.5 cm³/mol. The molecule has 0 aromatic carbocycles. The molecule has 0 radical (unpaired) electrons. The Kier molecular flexibility index (Phi) is 0.347. The van der Waals surface area contributed by atoms with E-state index < -0.39 is 11.9 Å². The molecule has 3 aliphatic rings. The van der Waals surface area contributed by atoms with Crippen molar-refractivity contribution in [2.24, 2.45) is 0 Å². The Labute approximate surface area is 45.3 Å². The van der Waals surface area contributed by atoms with Crippen LogP contribution in [-0.2, 0) is 18.9 Å². The maximum absolute atomic E-state index is 5.03. The fraction of sp³-hybridized carbons (Fsp3) is 1.00. The van der Waals surface area contributed by atoms with Crippen molar-refractivity contribution in [2.75, 3.05) is 13.2 Å². The van der Waals surface area contributed by atoms with Gasteiger partial charge in [-0.1, -0.05) is 0 Å². The predicted octanol–water partition coefficient (Wildman–Crippen LogP) is -0.599. The second-order valence-corrected chi connectivity index (χ2v) is 2.01. The van der Waals surface area contributed by atoms with E-state index in [4.69, 9.17) is 18.9 Å². The number of ether oxygens (including phenoxy) is 4. The molecule has 0 aliphatic carbocycles. The fourth-order valence-electron chi connectivity index (χ4n) is 0.957. The molecule has 3 aliphatic heterocycles. The topological polar surface area (TPSA) is 43.5 Å². The normalized spacial score (nSPS) is 66.0. The Hall–Kier alpha value is -0.160. The third-order valence-corrected chi connectivity index (χ3v) is 1.50. The average Bonchev–Trinajstić information content (AvgIpc) is 2.45. The van der Waals surface area contributed by atoms with Crippen LogP contribution in [-0.4, -0.2) is 25.2 Å². The minimum absolute atomic E-state index is 0.571. The average molecular weight is 116 g/mol. The maximum atomic E-state index is 5.03. The standard InChI is InChI=1S/C4H4O4/c1-2-6-4-3(5-1,7-4)8-4/h1-2H2. The van der Waals surface area contributed by atoms with Gasteiger partial charge in [0, 0.05) is 0 Å². The van der Waals surface area contributed by atoms with Gasteiger partial charge in [0.1, 0.15) is 0 Å². The summed E-state index contributed by atoms with van der Waals surface area (Å²) in [6, 6.07) is 0. The summed E-state index contributed by atoms with van der Waals surface area (Å²) in [5, 5.41) is 0. The largest absolute Gasteiger partial charge is 0.379 e. The summed E-state index contributed by atoms with van der Waals surface area (Å²) >= 11 is 0. The van der Waals surface area contributed by atoms with E-state index in [-0.39, 0.29) is 0 Å². The van der Waals surface area contributed by atoms with Crippen LogP contribution >= 0.6 is 0 Å². The van der Waals surface area contributed by atoms with Crippen molar-refractivity contribution in [3.8, 4) is 0 Å². The molecule has 44 valence electrons. The first-order chi connectivity index (χ1) is 3.87. The van der Waals surface area contributed by atoms with Gasteiger partial charge in [-0.2, -0.15) is 0 Å². The molecule has 4 nitrogen and oxygen atoms in total. The van der Waals surface area contributed by atoms with E-state index in [0.29, 0.717) is 13.2 Å². The van der Waals surface area contributed by atoms with Gasteiger partial charge in [-0.3, -0.25) is 9.47 Å². The van der Waals surface area contributed by atoms with Crippen molar-refractivity contribution in [2.45, 2.75) is 11.9 Å². The van der Waals surface area contributed by atoms with Crippen LogP contribution in [0.25, 0.3) is 0 Å². The van der Waals surface area contributed by atoms with E-state index >= 15 is 0 Å². The van der Waals surface area contributed by atoms with Crippen molar-refractivity contribution in [1.82, 2.24) is 0 Å². The Morgan fingerprint density at radius 2 is 1.38 bits per heavy atom. The molecule has 3 heterocycles. The number of hydrogen-bond acceptors (Lipinski definition) is 4. The molecule has 3 fully saturated rings. The van der Waals surface area contributed by atoms with Crippen molar-refractivity contribution < 1.29 is 18.9 Å². The van der Waals surface area contributed by atoms with Crippen LogP contribution in [0.3, 0.4) is 0 Å². The Morgan fingerprint density at radius 1 is 0.875 bits per heavy atom. The zero-order valence-electron chi connectivity index (χ0n) is 4.05. The zero-order chi connectivity index (χ0) is 5.24. The lowest BCUT2D eigenvalue weighted by molar-refractivity contribution is -0.233. The lowest BCUT2D eigenvalue weighted by Gasteiger charge is -1.99. The minimum Gasteiger partial charge on any atom is -0.318 e. The summed E-state index contributed by atoms with van der Waals surface area (Å²) < 4.78 is 19.8. The second kappa shape index (κ2) is 0.733. The summed E-state index contributed by atoms with van der Waals surface area (Å²) in [6.45, 7) is 1.14. The lowest BCUT2D eigenvalue weighted by atomic mass is 10.6. The van der Waals surface area contributed by atoms with Gasteiger partial charge in [0.2, 0.25) is 0 Å². The van der Waals surface area contributed by atoms with Crippen molar-refractivity contribution in [3.63, 3.8) is 0 Å². The first-order valence-corrected chi connectivity index (χ1v) is 2.55. The van der Waals surface area contributed by atoms with Crippen LogP contribution in [0.2, 0.25) is 0 Å². The molecule has 0 aromatic heterocycles. The van der Waals surface area contributed by atoms with Crippen LogP contribution < -0.4 is 0 Å². The van der Waals surface area contributed by atoms with Gasteiger partial charge in [-0.25, -0.2) is 0 Å². The van der Waals surface area contributed by atoms with Crippen molar-refractivity contribution in [3.05, 3.63) is 0 Å². The van der Waals surface area contributed by atoms with Crippen LogP contribution in [0.4, 0.5) is 0 Å². The molecule has 8 heavy (non-hydrogen) atoms. The summed E-state index contributed by atoms with van der Waals surface area (Å²) in [4.78, 5) is 0. The smallest absolute Gasteiger partial charge is 0.318 e. The molecular weight excluding hydrogens is 112 g/mol. The van der Waals surface area contributed by atoms with E-state index in [1.807, 2.05) is 0 Å². The van der Waals surface area contributed by atoms with Crippen LogP contribution in [0.15, 0.2) is 0 Å². The monoisotopic (exact) mass is 116 g/mol. The highest BCUT2D eigenvalue weighted by molar-refractivity contribution is 5.05. The molecule has 3 saturated heterocycles. The molecule has 0 N–H and O–H groups in total. The van der Waals surface area contributed by atoms with Crippen LogP contribution in [0.1, 0.15) is 0 Å². The van der Waals surface area contributed by atoms with Gasteiger partial charge in [0.15, 0.2) is 0 Å². The van der Waals surface area contributed by atoms with Gasteiger partial charge in [-0.05, 0) is 0 Å². The Balaban J connectivity index is 1.98. The number of epoxide rings is 2. The Morgan fingerprint density at radius 3 is 1.75 bits per heavy atom. The molecule has 0 saturated carbocycles. The van der Waals surface area contributed by atoms with Gasteiger partial charge < -0.3 is 9.47 Å². The SMILES string of the molecule is C1COC23OC2(O1)O3. The molecule has 0 spiro atoms. The molecule has 3 rings (SSSR count). The highest BCUT2D eigenvalue weighted by Gasteiger charge is 2.98. The number of rotatable bonds is 0. The molecule has 0 atom stereocenters. The molecule has 0 amide bonds. The summed E-state index contributed by atoms with van der Waals surface area (Å²) in [7, 11) is 0. The fourth-order valence-corrected chi connectivity index (χ4v) is 0.957. The van der Waals surface area contributed by atoms with E-state index in [0.717, 1.165) is 0 Å². The Bertz CT molecular complexity index is 132. The first kappa shape index (κ1) is 3.79. The van der Waals surface area contributed by atoms with E-state index in [1.165, 1.54) is 0 Å². The highest BCUT2D eigenvalue weighted by Crippen LogP contribution is 2.69. The second-order valence-electron chi connectivity index (χ2n) is 2.01. The molecule has 0 unspecified atom stereocenters.